The van der Waals surface area contributed by atoms with Crippen LogP contribution < -0.4 is 10.1 Å². The lowest BCUT2D eigenvalue weighted by Gasteiger charge is -2.10. The maximum atomic E-state index is 12.7. The van der Waals surface area contributed by atoms with Crippen LogP contribution in [-0.2, 0) is 13.3 Å². The summed E-state index contributed by atoms with van der Waals surface area (Å²) < 4.78 is 9.17. The number of ether oxygens (including phenoxy) is 1. The Morgan fingerprint density at radius 2 is 1.69 bits per heavy atom. The van der Waals surface area contributed by atoms with Crippen LogP contribution in [0.1, 0.15) is 27.2 Å². The molecule has 2 aromatic heterocycles. The van der Waals surface area contributed by atoms with E-state index in [1.54, 1.807) is 27.7 Å². The van der Waals surface area contributed by atoms with Gasteiger partial charge in [-0.3, -0.25) is 9.48 Å². The Hall–Kier alpha value is -4.10. The second-order valence-corrected chi connectivity index (χ2v) is 8.75. The van der Waals surface area contributed by atoms with Crippen molar-refractivity contribution in [2.75, 3.05) is 5.32 Å². The summed E-state index contributed by atoms with van der Waals surface area (Å²) in [6.07, 6.45) is 3.55. The van der Waals surface area contributed by atoms with Crippen LogP contribution >= 0.6 is 11.6 Å². The summed E-state index contributed by atoms with van der Waals surface area (Å²) in [4.78, 5) is 12.7. The summed E-state index contributed by atoms with van der Waals surface area (Å²) in [5, 5.41) is 14.7. The van der Waals surface area contributed by atoms with Gasteiger partial charge in [-0.1, -0.05) is 54.1 Å². The van der Waals surface area contributed by atoms with Gasteiger partial charge in [0.25, 0.3) is 5.91 Å². The Balaban J connectivity index is 1.21. The molecule has 0 unspecified atom stereocenters. The molecule has 0 aliphatic heterocycles. The van der Waals surface area contributed by atoms with Crippen LogP contribution in [0.3, 0.4) is 0 Å². The van der Waals surface area contributed by atoms with Gasteiger partial charge < -0.3 is 10.1 Å². The smallest absolute Gasteiger partial charge is 0.277 e. The monoisotopic (exact) mass is 485 g/mol. The van der Waals surface area contributed by atoms with E-state index in [1.165, 1.54) is 10.8 Å². The van der Waals surface area contributed by atoms with Crippen molar-refractivity contribution in [2.45, 2.75) is 27.1 Å². The minimum atomic E-state index is -0.336. The number of nitrogens with zero attached hydrogens (tertiary/aromatic N) is 4. The van der Waals surface area contributed by atoms with E-state index < -0.39 is 0 Å². The van der Waals surface area contributed by atoms with Gasteiger partial charge in [0.15, 0.2) is 18.2 Å². The molecule has 0 bridgehead atoms. The number of halogens is 1. The average Bonchev–Trinajstić information content (AvgIpc) is 3.51. The molecule has 1 N–H and O–H groups in total. The lowest BCUT2D eigenvalue weighted by atomic mass is 10.0. The number of carbonyl (C=O) groups excluding carboxylic acids is 1. The third-order valence-electron chi connectivity index (χ3n) is 5.74. The van der Waals surface area contributed by atoms with Gasteiger partial charge in [-0.25, -0.2) is 4.68 Å². The first-order valence-electron chi connectivity index (χ1n) is 11.2. The van der Waals surface area contributed by atoms with Gasteiger partial charge in [0.1, 0.15) is 5.75 Å². The molecule has 5 rings (SSSR count). The predicted octanol–water partition coefficient (Wildman–Crippen LogP) is 5.84. The minimum absolute atomic E-state index is 0.174. The summed E-state index contributed by atoms with van der Waals surface area (Å²) in [5.41, 5.74) is 3.33. The van der Waals surface area contributed by atoms with Crippen molar-refractivity contribution in [3.8, 4) is 5.75 Å². The van der Waals surface area contributed by atoms with Gasteiger partial charge in [-0.2, -0.15) is 10.2 Å². The van der Waals surface area contributed by atoms with Crippen molar-refractivity contribution in [1.29, 1.82) is 0 Å². The minimum Gasteiger partial charge on any atom is -0.471 e. The molecule has 2 heterocycles. The third kappa shape index (κ3) is 5.05. The van der Waals surface area contributed by atoms with Crippen molar-refractivity contribution in [2.24, 2.45) is 0 Å². The number of aromatic nitrogens is 4. The zero-order chi connectivity index (χ0) is 24.4. The van der Waals surface area contributed by atoms with Gasteiger partial charge >= 0.3 is 0 Å². The van der Waals surface area contributed by atoms with E-state index in [0.717, 1.165) is 21.7 Å². The normalized spacial score (nSPS) is 11.1. The summed E-state index contributed by atoms with van der Waals surface area (Å²) in [6.45, 7) is 4.64. The lowest BCUT2D eigenvalue weighted by molar-refractivity contribution is 0.101. The van der Waals surface area contributed by atoms with Crippen LogP contribution in [0.5, 0.6) is 5.75 Å². The van der Waals surface area contributed by atoms with Gasteiger partial charge in [0, 0.05) is 23.5 Å². The Morgan fingerprint density at radius 1 is 0.943 bits per heavy atom. The number of hydrogen-bond donors (Lipinski definition) is 1. The Labute approximate surface area is 207 Å². The van der Waals surface area contributed by atoms with Crippen LogP contribution in [0.4, 0.5) is 5.82 Å². The molecule has 7 nitrogen and oxygen atoms in total. The first kappa shape index (κ1) is 22.7. The summed E-state index contributed by atoms with van der Waals surface area (Å²) >= 11 is 6.21. The molecule has 0 saturated carbocycles. The molecular formula is C27H24ClN5O2. The number of hydrogen-bond acceptors (Lipinski definition) is 4. The number of nitrogens with one attached hydrogen (secondary N) is 1. The van der Waals surface area contributed by atoms with Gasteiger partial charge in [0.2, 0.25) is 0 Å². The van der Waals surface area contributed by atoms with E-state index in [4.69, 9.17) is 16.3 Å². The van der Waals surface area contributed by atoms with Crippen molar-refractivity contribution in [1.82, 2.24) is 19.6 Å². The number of carbonyl (C=O) groups is 1. The Kier molecular flexibility index (Phi) is 6.25. The molecule has 0 aliphatic carbocycles. The van der Waals surface area contributed by atoms with E-state index >= 15 is 0 Å². The third-order valence-corrected chi connectivity index (χ3v) is 6.34. The highest BCUT2D eigenvalue weighted by atomic mass is 35.5. The molecular weight excluding hydrogens is 462 g/mol. The number of amides is 1. The highest BCUT2D eigenvalue weighted by Gasteiger charge is 2.12. The van der Waals surface area contributed by atoms with Gasteiger partial charge in [-0.05, 0) is 59.5 Å². The zero-order valence-electron chi connectivity index (χ0n) is 19.4. The molecule has 0 fully saturated rings. The molecule has 0 atom stereocenters. The predicted molar refractivity (Wildman–Crippen MR) is 137 cm³/mol. The quantitative estimate of drug-likeness (QED) is 0.314. The number of anilines is 1. The summed E-state index contributed by atoms with van der Waals surface area (Å²) in [7, 11) is 0. The molecule has 3 aromatic carbocycles. The SMILES string of the molecule is Cc1cc(OCn2ccc(C(=O)Nc3ccn(Cc4cccc5ccccc45)n3)n2)cc(C)c1Cl. The van der Waals surface area contributed by atoms with Crippen LogP contribution in [0.2, 0.25) is 5.02 Å². The molecule has 35 heavy (non-hydrogen) atoms. The maximum Gasteiger partial charge on any atom is 0.277 e. The molecule has 5 aromatic rings. The molecule has 8 heteroatoms. The molecule has 0 spiro atoms. The van der Waals surface area contributed by atoms with Crippen LogP contribution in [0, 0.1) is 13.8 Å². The van der Waals surface area contributed by atoms with Crippen LogP contribution in [0.25, 0.3) is 10.8 Å². The van der Waals surface area contributed by atoms with Crippen molar-refractivity contribution >= 4 is 34.1 Å². The highest BCUT2D eigenvalue weighted by Crippen LogP contribution is 2.26. The molecule has 0 aliphatic rings. The number of benzene rings is 3. The van der Waals surface area contributed by atoms with Crippen molar-refractivity contribution in [3.05, 3.63) is 107 Å². The largest absolute Gasteiger partial charge is 0.471 e. The summed E-state index contributed by atoms with van der Waals surface area (Å²) in [6, 6.07) is 21.6. The first-order chi connectivity index (χ1) is 17.0. The van der Waals surface area contributed by atoms with E-state index in [2.05, 4.69) is 39.8 Å². The van der Waals surface area contributed by atoms with Crippen molar-refractivity contribution in [3.63, 3.8) is 0 Å². The fourth-order valence-electron chi connectivity index (χ4n) is 3.99. The molecule has 1 amide bonds. The fraction of sp³-hybridized carbons (Fsp3) is 0.148. The maximum absolute atomic E-state index is 12.7. The Bertz CT molecular complexity index is 1490. The van der Waals surface area contributed by atoms with Gasteiger partial charge in [0.05, 0.1) is 6.54 Å². The van der Waals surface area contributed by atoms with Gasteiger partial charge in [-0.15, -0.1) is 0 Å². The number of aryl methyl sites for hydroxylation is 2. The fourth-order valence-corrected chi connectivity index (χ4v) is 4.10. The van der Waals surface area contributed by atoms with E-state index in [9.17, 15) is 4.79 Å². The van der Waals surface area contributed by atoms with Crippen molar-refractivity contribution < 1.29 is 9.53 Å². The Morgan fingerprint density at radius 3 is 2.51 bits per heavy atom. The number of rotatable bonds is 7. The van der Waals surface area contributed by atoms with Crippen LogP contribution in [0.15, 0.2) is 79.1 Å². The first-order valence-corrected chi connectivity index (χ1v) is 11.6. The second kappa shape index (κ2) is 9.64. The van der Waals surface area contributed by atoms with E-state index in [0.29, 0.717) is 18.1 Å². The molecule has 176 valence electrons. The topological polar surface area (TPSA) is 74.0 Å². The lowest BCUT2D eigenvalue weighted by Crippen LogP contribution is -2.15. The zero-order valence-corrected chi connectivity index (χ0v) is 20.2. The second-order valence-electron chi connectivity index (χ2n) is 8.38. The number of fused-ring (bicyclic) bond motifs is 1. The van der Waals surface area contributed by atoms with E-state index in [1.807, 2.05) is 50.4 Å². The van der Waals surface area contributed by atoms with E-state index in [-0.39, 0.29) is 18.3 Å². The highest BCUT2D eigenvalue weighted by molar-refractivity contribution is 6.32. The van der Waals surface area contributed by atoms with Crippen LogP contribution in [-0.4, -0.2) is 25.5 Å². The summed E-state index contributed by atoms with van der Waals surface area (Å²) in [5.74, 6) is 0.827. The molecule has 0 radical (unpaired) electrons. The standard InChI is InChI=1S/C27H24ClN5O2/c1-18-14-22(15-19(2)26(18)28)35-17-33-12-10-24(30-33)27(34)29-25-11-13-32(31-25)16-21-8-5-7-20-6-3-4-9-23(20)21/h3-15H,16-17H2,1-2H3,(H,29,31,34). The molecule has 0 saturated heterocycles. The average molecular weight is 486 g/mol.